The van der Waals surface area contributed by atoms with Crippen molar-refractivity contribution < 1.29 is 18.5 Å². The third-order valence-electron chi connectivity index (χ3n) is 1.86. The number of phosphoric acid groups is 1. The van der Waals surface area contributed by atoms with Crippen molar-refractivity contribution >= 4 is 7.82 Å². The van der Waals surface area contributed by atoms with E-state index in [4.69, 9.17) is 9.42 Å². The first-order valence-corrected chi connectivity index (χ1v) is 5.46. The molecule has 0 saturated carbocycles. The molecule has 1 N–H and O–H groups in total. The van der Waals surface area contributed by atoms with E-state index in [1.807, 2.05) is 20.8 Å². The Hall–Kier alpha value is 0.110. The highest BCUT2D eigenvalue weighted by molar-refractivity contribution is 7.47. The molecule has 2 unspecified atom stereocenters. The van der Waals surface area contributed by atoms with Crippen molar-refractivity contribution in [1.29, 1.82) is 0 Å². The van der Waals surface area contributed by atoms with E-state index in [1.165, 1.54) is 0 Å². The van der Waals surface area contributed by atoms with E-state index in [2.05, 4.69) is 4.52 Å². The molecule has 0 bridgehead atoms. The molecule has 1 fully saturated rings. The molecule has 0 aliphatic carbocycles. The maximum atomic E-state index is 11.0. The molecule has 5 heteroatoms. The highest BCUT2D eigenvalue weighted by Crippen LogP contribution is 2.51. The molecule has 1 saturated heterocycles. The maximum Gasteiger partial charge on any atom is 0.472 e. The van der Waals surface area contributed by atoms with Crippen LogP contribution in [0.1, 0.15) is 27.2 Å². The highest BCUT2D eigenvalue weighted by atomic mass is 31.2. The van der Waals surface area contributed by atoms with Gasteiger partial charge < -0.3 is 4.89 Å². The van der Waals surface area contributed by atoms with E-state index in [-0.39, 0.29) is 11.5 Å². The van der Waals surface area contributed by atoms with Crippen molar-refractivity contribution in [2.24, 2.45) is 5.41 Å². The Bertz CT molecular complexity index is 208. The lowest BCUT2D eigenvalue weighted by atomic mass is 9.87. The smallest absolute Gasteiger partial charge is 0.302 e. The molecule has 0 radical (unpaired) electrons. The fourth-order valence-electron chi connectivity index (χ4n) is 1.11. The lowest BCUT2D eigenvalue weighted by molar-refractivity contribution is -0.00824. The van der Waals surface area contributed by atoms with Gasteiger partial charge in [-0.1, -0.05) is 20.8 Å². The van der Waals surface area contributed by atoms with Crippen LogP contribution in [-0.4, -0.2) is 17.6 Å². The molecule has 0 amide bonds. The van der Waals surface area contributed by atoms with Gasteiger partial charge in [0.1, 0.15) is 0 Å². The second-order valence-electron chi connectivity index (χ2n) is 4.05. The first-order valence-electron chi connectivity index (χ1n) is 3.97. The van der Waals surface area contributed by atoms with Gasteiger partial charge in [-0.2, -0.15) is 0 Å². The van der Waals surface area contributed by atoms with Crippen LogP contribution in [0.4, 0.5) is 0 Å². The van der Waals surface area contributed by atoms with Gasteiger partial charge in [0.2, 0.25) is 0 Å². The maximum absolute atomic E-state index is 11.0. The monoisotopic (exact) mass is 194 g/mol. The second kappa shape index (κ2) is 3.11. The Kier molecular flexibility index (Phi) is 2.64. The first kappa shape index (κ1) is 10.2. The van der Waals surface area contributed by atoms with Crippen molar-refractivity contribution in [3.63, 3.8) is 0 Å². The van der Waals surface area contributed by atoms with Crippen LogP contribution in [0.2, 0.25) is 0 Å². The molecular weight excluding hydrogens is 179 g/mol. The zero-order chi connectivity index (χ0) is 9.41. The summed E-state index contributed by atoms with van der Waals surface area (Å²) >= 11 is 0. The summed E-state index contributed by atoms with van der Waals surface area (Å²) in [7, 11) is -3.74. The molecule has 1 rings (SSSR count). The van der Waals surface area contributed by atoms with Crippen molar-refractivity contribution in [2.75, 3.05) is 6.61 Å². The van der Waals surface area contributed by atoms with Gasteiger partial charge in [0.15, 0.2) is 0 Å². The SMILES string of the molecule is CC(C)(C)C1CCOP(=O)(O)O1. The van der Waals surface area contributed by atoms with E-state index < -0.39 is 7.82 Å². The van der Waals surface area contributed by atoms with Gasteiger partial charge in [-0.3, -0.25) is 9.05 Å². The molecule has 0 aromatic heterocycles. The van der Waals surface area contributed by atoms with E-state index in [0.29, 0.717) is 13.0 Å². The molecule has 1 aliphatic heterocycles. The minimum Gasteiger partial charge on any atom is -0.302 e. The van der Waals surface area contributed by atoms with Crippen LogP contribution in [0.25, 0.3) is 0 Å². The van der Waals surface area contributed by atoms with Gasteiger partial charge in [-0.05, 0) is 11.8 Å². The van der Waals surface area contributed by atoms with Gasteiger partial charge in [-0.25, -0.2) is 4.57 Å². The van der Waals surface area contributed by atoms with Crippen molar-refractivity contribution in [2.45, 2.75) is 33.3 Å². The normalized spacial score (nSPS) is 38.2. The second-order valence-corrected chi connectivity index (χ2v) is 5.46. The van der Waals surface area contributed by atoms with E-state index in [0.717, 1.165) is 0 Å². The molecular formula is C7H15O4P. The minimum absolute atomic E-state index is 0.109. The highest BCUT2D eigenvalue weighted by Gasteiger charge is 2.37. The van der Waals surface area contributed by atoms with Crippen LogP contribution < -0.4 is 0 Å². The standard InChI is InChI=1S/C7H15O4P/c1-7(2,3)6-4-5-10-12(8,9)11-6/h6H,4-5H2,1-3H3,(H,8,9). The fourth-order valence-corrected chi connectivity index (χ4v) is 2.25. The molecule has 2 atom stereocenters. The summed E-state index contributed by atoms with van der Waals surface area (Å²) in [6.45, 7) is 6.23. The number of hydrogen-bond acceptors (Lipinski definition) is 3. The molecule has 0 aromatic carbocycles. The summed E-state index contributed by atoms with van der Waals surface area (Å²) in [5.74, 6) is 0. The summed E-state index contributed by atoms with van der Waals surface area (Å²) < 4.78 is 20.5. The molecule has 72 valence electrons. The predicted octanol–water partition coefficient (Wildman–Crippen LogP) is 1.94. The van der Waals surface area contributed by atoms with Gasteiger partial charge in [0.05, 0.1) is 12.7 Å². The number of rotatable bonds is 0. The Labute approximate surface area is 72.5 Å². The lowest BCUT2D eigenvalue weighted by Crippen LogP contribution is -2.32. The molecule has 12 heavy (non-hydrogen) atoms. The van der Waals surface area contributed by atoms with Crippen molar-refractivity contribution in [3.05, 3.63) is 0 Å². The fraction of sp³-hybridized carbons (Fsp3) is 1.00. The minimum atomic E-state index is -3.74. The molecule has 1 aliphatic rings. The quantitative estimate of drug-likeness (QED) is 0.598. The van der Waals surface area contributed by atoms with Crippen LogP contribution in [0.5, 0.6) is 0 Å². The van der Waals surface area contributed by atoms with Crippen LogP contribution >= 0.6 is 7.82 Å². The number of hydrogen-bond donors (Lipinski definition) is 1. The van der Waals surface area contributed by atoms with Crippen LogP contribution in [0.15, 0.2) is 0 Å². The summed E-state index contributed by atoms with van der Waals surface area (Å²) in [6.07, 6.45) is 0.482. The summed E-state index contributed by atoms with van der Waals surface area (Å²) in [5.41, 5.74) is -0.109. The number of phosphoric ester groups is 1. The molecule has 0 aromatic rings. The largest absolute Gasteiger partial charge is 0.472 e. The summed E-state index contributed by atoms with van der Waals surface area (Å²) in [4.78, 5) is 9.02. The third-order valence-corrected chi connectivity index (χ3v) is 2.89. The van der Waals surface area contributed by atoms with Gasteiger partial charge in [-0.15, -0.1) is 0 Å². The third kappa shape index (κ3) is 2.56. The summed E-state index contributed by atoms with van der Waals surface area (Å²) in [6, 6.07) is 0. The van der Waals surface area contributed by atoms with Crippen LogP contribution in [0.3, 0.4) is 0 Å². The Balaban J connectivity index is 2.65. The Morgan fingerprint density at radius 3 is 2.42 bits per heavy atom. The zero-order valence-electron chi connectivity index (χ0n) is 7.61. The molecule has 4 nitrogen and oxygen atoms in total. The van der Waals surface area contributed by atoms with Crippen LogP contribution in [-0.2, 0) is 13.6 Å². The predicted molar refractivity (Wildman–Crippen MR) is 44.7 cm³/mol. The molecule has 1 heterocycles. The zero-order valence-corrected chi connectivity index (χ0v) is 8.51. The van der Waals surface area contributed by atoms with E-state index in [9.17, 15) is 4.57 Å². The first-order chi connectivity index (χ1) is 5.31. The Morgan fingerprint density at radius 2 is 2.08 bits per heavy atom. The van der Waals surface area contributed by atoms with E-state index in [1.54, 1.807) is 0 Å². The van der Waals surface area contributed by atoms with Gasteiger partial charge in [0, 0.05) is 0 Å². The molecule has 0 spiro atoms. The van der Waals surface area contributed by atoms with Gasteiger partial charge in [0.25, 0.3) is 0 Å². The Morgan fingerprint density at radius 1 is 1.50 bits per heavy atom. The lowest BCUT2D eigenvalue weighted by Gasteiger charge is -2.34. The average Bonchev–Trinajstić information content (AvgIpc) is 1.83. The topological polar surface area (TPSA) is 55.8 Å². The van der Waals surface area contributed by atoms with Crippen LogP contribution in [0, 0.1) is 5.41 Å². The van der Waals surface area contributed by atoms with Gasteiger partial charge >= 0.3 is 7.82 Å². The van der Waals surface area contributed by atoms with E-state index >= 15 is 0 Å². The average molecular weight is 194 g/mol. The van der Waals surface area contributed by atoms with Crippen molar-refractivity contribution in [1.82, 2.24) is 0 Å². The summed E-state index contributed by atoms with van der Waals surface area (Å²) in [5, 5.41) is 0. The van der Waals surface area contributed by atoms with Crippen molar-refractivity contribution in [3.8, 4) is 0 Å².